The lowest BCUT2D eigenvalue weighted by Gasteiger charge is -2.25. The smallest absolute Gasteiger partial charge is 0.336 e. The third kappa shape index (κ3) is 10.8. The first-order valence-corrected chi connectivity index (χ1v) is 14.7. The number of esters is 2. The first-order chi connectivity index (χ1) is 16.5. The molecule has 0 fully saturated rings. The zero-order chi connectivity index (χ0) is 26.5. The van der Waals surface area contributed by atoms with Crippen molar-refractivity contribution in [2.45, 2.75) is 63.9 Å². The predicted molar refractivity (Wildman–Crippen MR) is 130 cm³/mol. The van der Waals surface area contributed by atoms with Crippen LogP contribution in [0.2, 0.25) is 0 Å². The Hall–Kier alpha value is -1.78. The summed E-state index contributed by atoms with van der Waals surface area (Å²) in [5.74, 6) is -3.04. The van der Waals surface area contributed by atoms with Crippen LogP contribution in [-0.2, 0) is 47.0 Å². The van der Waals surface area contributed by atoms with E-state index in [2.05, 4.69) is 0 Å². The second-order valence-corrected chi connectivity index (χ2v) is 11.7. The second-order valence-electron chi connectivity index (χ2n) is 8.00. The fourth-order valence-corrected chi connectivity index (χ4v) is 5.98. The molecule has 0 aliphatic carbocycles. The Labute approximate surface area is 208 Å². The van der Waals surface area contributed by atoms with Gasteiger partial charge in [-0.1, -0.05) is 44.4 Å². The highest BCUT2D eigenvalue weighted by Gasteiger charge is 2.39. The molecule has 0 spiro atoms. The van der Waals surface area contributed by atoms with E-state index in [1.807, 2.05) is 13.8 Å². The van der Waals surface area contributed by atoms with Crippen molar-refractivity contribution in [3.63, 3.8) is 0 Å². The molecule has 0 unspecified atom stereocenters. The van der Waals surface area contributed by atoms with E-state index < -0.39 is 54.3 Å². The normalized spacial score (nSPS) is 13.7. The van der Waals surface area contributed by atoms with E-state index in [0.717, 1.165) is 32.6 Å². The van der Waals surface area contributed by atoms with Gasteiger partial charge in [-0.2, -0.15) is 8.42 Å². The van der Waals surface area contributed by atoms with Gasteiger partial charge in [0.2, 0.25) is 0 Å². The number of carbonyl (C=O) groups excluding carboxylic acids is 2. The number of ether oxygens (including phenoxy) is 2. The molecule has 1 aromatic rings. The number of hydrogen-bond acceptors (Lipinski definition) is 10. The summed E-state index contributed by atoms with van der Waals surface area (Å²) in [4.78, 5) is 24.8. The Bertz CT molecular complexity index is 932. The standard InChI is InChI=1S/C23H37O10PS/c1-6-8-14-31-34(26,32-15-9-7-2)17-19(22(24)29-4)16-21(23(25)30-5)33-35(27,28)20-12-10-18(3)11-13-20/h10-13,19,21H,6-9,14-17H2,1-5H3/t19-,21-/m1/s1. The molecular weight excluding hydrogens is 499 g/mol. The Morgan fingerprint density at radius 2 is 1.43 bits per heavy atom. The van der Waals surface area contributed by atoms with Gasteiger partial charge in [0.1, 0.15) is 0 Å². The Kier molecular flexibility index (Phi) is 13.7. The van der Waals surface area contributed by atoms with Crippen LogP contribution in [0.4, 0.5) is 0 Å². The lowest BCUT2D eigenvalue weighted by Crippen LogP contribution is -2.34. The van der Waals surface area contributed by atoms with E-state index in [4.69, 9.17) is 22.7 Å². The molecule has 200 valence electrons. The van der Waals surface area contributed by atoms with Crippen LogP contribution < -0.4 is 0 Å². The summed E-state index contributed by atoms with van der Waals surface area (Å²) in [7, 11) is -5.94. The quantitative estimate of drug-likeness (QED) is 0.123. The fourth-order valence-electron chi connectivity index (χ4n) is 3.00. The summed E-state index contributed by atoms with van der Waals surface area (Å²) in [5.41, 5.74) is 0.834. The molecular formula is C23H37O10PS. The van der Waals surface area contributed by atoms with Crippen molar-refractivity contribution >= 4 is 29.7 Å². The highest BCUT2D eigenvalue weighted by molar-refractivity contribution is 7.86. The zero-order valence-electron chi connectivity index (χ0n) is 21.1. The van der Waals surface area contributed by atoms with Gasteiger partial charge in [-0.3, -0.25) is 13.5 Å². The minimum Gasteiger partial charge on any atom is -0.469 e. The Morgan fingerprint density at radius 1 is 0.914 bits per heavy atom. The summed E-state index contributed by atoms with van der Waals surface area (Å²) in [6.45, 7) is 5.99. The maximum absolute atomic E-state index is 13.4. The van der Waals surface area contributed by atoms with E-state index in [1.54, 1.807) is 19.1 Å². The molecule has 35 heavy (non-hydrogen) atoms. The average molecular weight is 537 g/mol. The highest BCUT2D eigenvalue weighted by atomic mass is 32.2. The molecule has 0 radical (unpaired) electrons. The van der Waals surface area contributed by atoms with Crippen LogP contribution in [0.1, 0.15) is 51.5 Å². The maximum Gasteiger partial charge on any atom is 0.336 e. The third-order valence-corrected chi connectivity index (χ3v) is 8.44. The maximum atomic E-state index is 13.4. The van der Waals surface area contributed by atoms with Gasteiger partial charge >= 0.3 is 19.5 Å². The van der Waals surface area contributed by atoms with E-state index in [1.165, 1.54) is 12.1 Å². The molecule has 12 heteroatoms. The molecule has 2 atom stereocenters. The number of benzene rings is 1. The largest absolute Gasteiger partial charge is 0.469 e. The Balaban J connectivity index is 3.19. The average Bonchev–Trinajstić information content (AvgIpc) is 2.82. The van der Waals surface area contributed by atoms with Crippen LogP contribution in [0.25, 0.3) is 0 Å². The van der Waals surface area contributed by atoms with Crippen molar-refractivity contribution in [2.75, 3.05) is 33.6 Å². The summed E-state index contributed by atoms with van der Waals surface area (Å²) >= 11 is 0. The van der Waals surface area contributed by atoms with Gasteiger partial charge in [0, 0.05) is 0 Å². The number of methoxy groups -OCH3 is 2. The van der Waals surface area contributed by atoms with Gasteiger partial charge in [-0.05, 0) is 38.3 Å². The molecule has 0 heterocycles. The van der Waals surface area contributed by atoms with E-state index in [0.29, 0.717) is 12.8 Å². The number of carbonyl (C=O) groups is 2. The molecule has 10 nitrogen and oxygen atoms in total. The van der Waals surface area contributed by atoms with Crippen molar-refractivity contribution in [1.82, 2.24) is 0 Å². The molecule has 0 saturated carbocycles. The van der Waals surface area contributed by atoms with Crippen molar-refractivity contribution in [1.29, 1.82) is 0 Å². The van der Waals surface area contributed by atoms with Crippen LogP contribution >= 0.6 is 7.60 Å². The van der Waals surface area contributed by atoms with Crippen LogP contribution in [-0.4, -0.2) is 60.1 Å². The van der Waals surface area contributed by atoms with Gasteiger partial charge in [0.05, 0.1) is 44.4 Å². The Morgan fingerprint density at radius 3 is 1.89 bits per heavy atom. The van der Waals surface area contributed by atoms with Gasteiger partial charge in [0.15, 0.2) is 6.10 Å². The van der Waals surface area contributed by atoms with E-state index in [-0.39, 0.29) is 18.1 Å². The minimum absolute atomic E-state index is 0.159. The van der Waals surface area contributed by atoms with Crippen LogP contribution in [0.15, 0.2) is 29.2 Å². The number of rotatable bonds is 17. The van der Waals surface area contributed by atoms with Gasteiger partial charge in [-0.25, -0.2) is 4.79 Å². The summed E-state index contributed by atoms with van der Waals surface area (Å²) < 4.78 is 64.8. The molecule has 0 saturated heterocycles. The lowest BCUT2D eigenvalue weighted by atomic mass is 10.0. The molecule has 1 aromatic carbocycles. The van der Waals surface area contributed by atoms with Crippen LogP contribution in [0, 0.1) is 12.8 Å². The summed E-state index contributed by atoms with van der Waals surface area (Å²) in [6.07, 6.45) is 0.293. The summed E-state index contributed by atoms with van der Waals surface area (Å²) in [6, 6.07) is 5.85. The SMILES string of the molecule is CCCCOP(=O)(C[C@@H](C[C@@H](OS(=O)(=O)c1ccc(C)cc1)C(=O)OC)C(=O)OC)OCCCC. The van der Waals surface area contributed by atoms with Crippen molar-refractivity contribution in [3.8, 4) is 0 Å². The zero-order valence-corrected chi connectivity index (χ0v) is 22.8. The number of unbranched alkanes of at least 4 members (excludes halogenated alkanes) is 2. The van der Waals surface area contributed by atoms with Crippen molar-refractivity contribution in [3.05, 3.63) is 29.8 Å². The van der Waals surface area contributed by atoms with Crippen LogP contribution in [0.5, 0.6) is 0 Å². The molecule has 0 aliphatic heterocycles. The van der Waals surface area contributed by atoms with Gasteiger partial charge < -0.3 is 18.5 Å². The van der Waals surface area contributed by atoms with Gasteiger partial charge in [-0.15, -0.1) is 0 Å². The van der Waals surface area contributed by atoms with Crippen LogP contribution in [0.3, 0.4) is 0 Å². The fraction of sp³-hybridized carbons (Fsp3) is 0.652. The first kappa shape index (κ1) is 31.3. The molecule has 0 amide bonds. The number of aryl methyl sites for hydroxylation is 1. The van der Waals surface area contributed by atoms with E-state index in [9.17, 15) is 22.6 Å². The topological polar surface area (TPSA) is 132 Å². The minimum atomic E-state index is -4.37. The monoisotopic (exact) mass is 536 g/mol. The molecule has 0 aromatic heterocycles. The molecule has 0 aliphatic rings. The second kappa shape index (κ2) is 15.4. The lowest BCUT2D eigenvalue weighted by molar-refractivity contribution is -0.152. The van der Waals surface area contributed by atoms with Crippen molar-refractivity contribution < 1.29 is 45.3 Å². The van der Waals surface area contributed by atoms with E-state index >= 15 is 0 Å². The van der Waals surface area contributed by atoms with Gasteiger partial charge in [0.25, 0.3) is 10.1 Å². The third-order valence-electron chi connectivity index (χ3n) is 5.07. The first-order valence-electron chi connectivity index (χ1n) is 11.6. The summed E-state index contributed by atoms with van der Waals surface area (Å²) in [5, 5.41) is 0. The predicted octanol–water partition coefficient (Wildman–Crippen LogP) is 4.25. The molecule has 1 rings (SSSR count). The molecule has 0 N–H and O–H groups in total. The van der Waals surface area contributed by atoms with Crippen molar-refractivity contribution in [2.24, 2.45) is 5.92 Å². The highest BCUT2D eigenvalue weighted by Crippen LogP contribution is 2.51. The number of hydrogen-bond donors (Lipinski definition) is 0. The molecule has 0 bridgehead atoms.